The summed E-state index contributed by atoms with van der Waals surface area (Å²) < 4.78 is 14.5. The van der Waals surface area contributed by atoms with Crippen molar-refractivity contribution in [2.24, 2.45) is 5.73 Å². The van der Waals surface area contributed by atoms with Crippen LogP contribution in [0.2, 0.25) is 5.02 Å². The number of benzene rings is 2. The minimum absolute atomic E-state index is 0.284. The summed E-state index contributed by atoms with van der Waals surface area (Å²) in [7, 11) is 0. The van der Waals surface area contributed by atoms with Gasteiger partial charge in [0.15, 0.2) is 0 Å². The molecule has 0 aliphatic carbocycles. The molecule has 0 amide bonds. The molecule has 7 heteroatoms. The number of rotatable bonds is 3. The lowest BCUT2D eigenvalue weighted by Crippen LogP contribution is -2.10. The number of halogens is 4. The number of hydrogen-bond acceptors (Lipinski definition) is 2. The molecule has 3 N–H and O–H groups in total. The van der Waals surface area contributed by atoms with Gasteiger partial charge in [-0.1, -0.05) is 23.8 Å². The van der Waals surface area contributed by atoms with Crippen LogP contribution in [0.5, 0.6) is 0 Å². The third-order valence-corrected chi connectivity index (χ3v) is 4.31. The van der Waals surface area contributed by atoms with Gasteiger partial charge in [0.1, 0.15) is 10.8 Å². The highest BCUT2D eigenvalue weighted by atomic mass is 79.9. The number of thiocarbonyl (C=S) groups is 1. The molecule has 0 atom stereocenters. The number of hydrogen-bond donors (Lipinski definition) is 2. The van der Waals surface area contributed by atoms with E-state index in [2.05, 4.69) is 37.2 Å². The maximum atomic E-state index is 13.2. The molecule has 0 saturated carbocycles. The first-order chi connectivity index (χ1) is 9.38. The van der Waals surface area contributed by atoms with Gasteiger partial charge in [0, 0.05) is 20.2 Å². The van der Waals surface area contributed by atoms with Gasteiger partial charge in [-0.25, -0.2) is 4.39 Å². The first kappa shape index (κ1) is 15.7. The number of nitrogens with one attached hydrogen (secondary N) is 1. The van der Waals surface area contributed by atoms with Crippen molar-refractivity contribution in [1.29, 1.82) is 0 Å². The Bertz CT molecular complexity index is 671. The van der Waals surface area contributed by atoms with Crippen molar-refractivity contribution in [2.45, 2.75) is 0 Å². The van der Waals surface area contributed by atoms with Crippen LogP contribution in [0.15, 0.2) is 39.3 Å². The molecule has 0 aromatic heterocycles. The van der Waals surface area contributed by atoms with Crippen LogP contribution < -0.4 is 11.1 Å². The smallest absolute Gasteiger partial charge is 0.125 e. The van der Waals surface area contributed by atoms with E-state index >= 15 is 0 Å². The predicted octanol–water partition coefficient (Wildman–Crippen LogP) is 5.38. The molecule has 20 heavy (non-hydrogen) atoms. The SMILES string of the molecule is NC(=S)c1ccc(Nc2c(Cl)cc(F)cc2Br)cc1Br. The second-order valence-corrected chi connectivity index (χ2v) is 6.48. The average molecular weight is 439 g/mol. The van der Waals surface area contributed by atoms with Crippen molar-refractivity contribution in [3.05, 3.63) is 55.7 Å². The summed E-state index contributed by atoms with van der Waals surface area (Å²) in [5.41, 5.74) is 7.69. The van der Waals surface area contributed by atoms with Crippen molar-refractivity contribution >= 4 is 72.0 Å². The van der Waals surface area contributed by atoms with E-state index in [1.807, 2.05) is 12.1 Å². The standard InChI is InChI=1S/C13H8Br2ClFN2S/c14-9-5-7(1-2-8(9)13(18)20)19-12-10(15)3-6(17)4-11(12)16/h1-5,19H,(H2,18,20). The largest absolute Gasteiger partial charge is 0.389 e. The Balaban J connectivity index is 2.36. The van der Waals surface area contributed by atoms with Gasteiger partial charge >= 0.3 is 0 Å². The van der Waals surface area contributed by atoms with Gasteiger partial charge in [0.05, 0.1) is 10.7 Å². The summed E-state index contributed by atoms with van der Waals surface area (Å²) in [4.78, 5) is 0.310. The van der Waals surface area contributed by atoms with Crippen LogP contribution in [0.3, 0.4) is 0 Å². The van der Waals surface area contributed by atoms with Crippen LogP contribution in [0.1, 0.15) is 5.56 Å². The van der Waals surface area contributed by atoms with E-state index in [4.69, 9.17) is 29.6 Å². The lowest BCUT2D eigenvalue weighted by Gasteiger charge is -2.12. The third kappa shape index (κ3) is 3.49. The summed E-state index contributed by atoms with van der Waals surface area (Å²) in [6.07, 6.45) is 0. The lowest BCUT2D eigenvalue weighted by molar-refractivity contribution is 0.627. The Morgan fingerprint density at radius 1 is 1.20 bits per heavy atom. The van der Waals surface area contributed by atoms with E-state index in [9.17, 15) is 4.39 Å². The fourth-order valence-corrected chi connectivity index (χ4v) is 3.40. The summed E-state index contributed by atoms with van der Waals surface area (Å²) in [6, 6.07) is 8.01. The second kappa shape index (κ2) is 6.39. The van der Waals surface area contributed by atoms with E-state index in [0.29, 0.717) is 15.1 Å². The van der Waals surface area contributed by atoms with E-state index < -0.39 is 5.82 Å². The van der Waals surface area contributed by atoms with Crippen LogP contribution >= 0.6 is 55.7 Å². The van der Waals surface area contributed by atoms with Crippen LogP contribution in [0.25, 0.3) is 0 Å². The van der Waals surface area contributed by atoms with E-state index in [0.717, 1.165) is 15.7 Å². The highest BCUT2D eigenvalue weighted by Crippen LogP contribution is 2.35. The first-order valence-electron chi connectivity index (χ1n) is 5.39. The molecule has 0 aliphatic rings. The maximum Gasteiger partial charge on any atom is 0.125 e. The molecular weight excluding hydrogens is 430 g/mol. The Labute approximate surface area is 142 Å². The normalized spacial score (nSPS) is 10.4. The molecule has 0 heterocycles. The summed E-state index contributed by atoms with van der Waals surface area (Å²) in [5.74, 6) is -0.405. The van der Waals surface area contributed by atoms with Crippen LogP contribution in [0, 0.1) is 5.82 Å². The van der Waals surface area contributed by atoms with Gasteiger partial charge in [0.25, 0.3) is 0 Å². The zero-order valence-corrected chi connectivity index (χ0v) is 14.6. The van der Waals surface area contributed by atoms with Gasteiger partial charge in [-0.05, 0) is 62.2 Å². The molecule has 0 spiro atoms. The van der Waals surface area contributed by atoms with E-state index in [1.54, 1.807) is 6.07 Å². The molecule has 2 aromatic carbocycles. The maximum absolute atomic E-state index is 13.2. The Morgan fingerprint density at radius 2 is 1.90 bits per heavy atom. The summed E-state index contributed by atoms with van der Waals surface area (Å²) in [6.45, 7) is 0. The van der Waals surface area contributed by atoms with Gasteiger partial charge in [0.2, 0.25) is 0 Å². The predicted molar refractivity (Wildman–Crippen MR) is 92.4 cm³/mol. The zero-order chi connectivity index (χ0) is 14.9. The van der Waals surface area contributed by atoms with Crippen molar-refractivity contribution in [3.8, 4) is 0 Å². The molecule has 2 aromatic rings. The number of nitrogens with two attached hydrogens (primary N) is 1. The molecular formula is C13H8Br2ClFN2S. The number of anilines is 2. The molecule has 2 nitrogen and oxygen atoms in total. The van der Waals surface area contributed by atoms with Crippen molar-refractivity contribution < 1.29 is 4.39 Å². The Hall–Kier alpha value is -0.690. The third-order valence-electron chi connectivity index (χ3n) is 2.51. The van der Waals surface area contributed by atoms with Gasteiger partial charge in [-0.3, -0.25) is 0 Å². The van der Waals surface area contributed by atoms with Crippen LogP contribution in [-0.4, -0.2) is 4.99 Å². The summed E-state index contributed by atoms with van der Waals surface area (Å²) in [5, 5.41) is 3.40. The average Bonchev–Trinajstić information content (AvgIpc) is 2.33. The zero-order valence-electron chi connectivity index (χ0n) is 9.88. The minimum Gasteiger partial charge on any atom is -0.389 e. The fourth-order valence-electron chi connectivity index (χ4n) is 1.60. The quantitative estimate of drug-likeness (QED) is 0.632. The molecule has 0 radical (unpaired) electrons. The lowest BCUT2D eigenvalue weighted by atomic mass is 10.2. The molecule has 0 saturated heterocycles. The summed E-state index contributed by atoms with van der Waals surface area (Å²) >= 11 is 17.6. The van der Waals surface area contributed by atoms with Gasteiger partial charge < -0.3 is 11.1 Å². The highest BCUT2D eigenvalue weighted by molar-refractivity contribution is 9.11. The highest BCUT2D eigenvalue weighted by Gasteiger charge is 2.10. The van der Waals surface area contributed by atoms with E-state index in [-0.39, 0.29) is 5.02 Å². The van der Waals surface area contributed by atoms with Crippen LogP contribution in [0.4, 0.5) is 15.8 Å². The molecule has 0 unspecified atom stereocenters. The van der Waals surface area contributed by atoms with Crippen LogP contribution in [-0.2, 0) is 0 Å². The molecule has 2 rings (SSSR count). The molecule has 0 fully saturated rings. The first-order valence-corrected chi connectivity index (χ1v) is 7.76. The molecule has 0 aliphatic heterocycles. The van der Waals surface area contributed by atoms with Crippen molar-refractivity contribution in [2.75, 3.05) is 5.32 Å². The second-order valence-electron chi connectivity index (χ2n) is 3.93. The Kier molecular flexibility index (Phi) is 5.01. The topological polar surface area (TPSA) is 38.0 Å². The van der Waals surface area contributed by atoms with Crippen molar-refractivity contribution in [1.82, 2.24) is 0 Å². The monoisotopic (exact) mass is 436 g/mol. The molecule has 0 bridgehead atoms. The fraction of sp³-hybridized carbons (Fsp3) is 0. The minimum atomic E-state index is -0.405. The van der Waals surface area contributed by atoms with Gasteiger partial charge in [-0.15, -0.1) is 0 Å². The van der Waals surface area contributed by atoms with Crippen molar-refractivity contribution in [3.63, 3.8) is 0 Å². The molecule has 104 valence electrons. The van der Waals surface area contributed by atoms with Gasteiger partial charge in [-0.2, -0.15) is 0 Å². The van der Waals surface area contributed by atoms with E-state index in [1.165, 1.54) is 12.1 Å². The Morgan fingerprint density at radius 3 is 2.45 bits per heavy atom.